The first-order chi connectivity index (χ1) is 9.33. The number of hydrogen-bond acceptors (Lipinski definition) is 3. The van der Waals surface area contributed by atoms with E-state index < -0.39 is 0 Å². The van der Waals surface area contributed by atoms with Crippen LogP contribution >= 0.6 is 0 Å². The second-order valence-electron chi connectivity index (χ2n) is 5.40. The summed E-state index contributed by atoms with van der Waals surface area (Å²) in [6.07, 6.45) is 0.537. The van der Waals surface area contributed by atoms with Crippen molar-refractivity contribution in [1.29, 1.82) is 0 Å². The number of carbonyl (C=O) groups is 1. The number of nitrogens with zero attached hydrogens (tertiary/aromatic N) is 2. The lowest BCUT2D eigenvalue weighted by molar-refractivity contribution is -0.138. The van der Waals surface area contributed by atoms with Gasteiger partial charge in [0.1, 0.15) is 0 Å². The van der Waals surface area contributed by atoms with Gasteiger partial charge in [-0.3, -0.25) is 9.69 Å². The Kier molecular flexibility index (Phi) is 3.80. The Morgan fingerprint density at radius 3 is 2.53 bits per heavy atom. The maximum Gasteiger partial charge on any atom is 0.227 e. The van der Waals surface area contributed by atoms with E-state index in [1.54, 1.807) is 0 Å². The number of nitrogens with one attached hydrogen (secondary N) is 1. The van der Waals surface area contributed by atoms with E-state index in [-0.39, 0.29) is 5.91 Å². The fourth-order valence-corrected chi connectivity index (χ4v) is 2.82. The quantitative estimate of drug-likeness (QED) is 0.850. The summed E-state index contributed by atoms with van der Waals surface area (Å²) < 4.78 is 0. The van der Waals surface area contributed by atoms with Gasteiger partial charge in [0.25, 0.3) is 0 Å². The van der Waals surface area contributed by atoms with Gasteiger partial charge in [-0.2, -0.15) is 0 Å². The van der Waals surface area contributed by atoms with Gasteiger partial charge in [0.05, 0.1) is 6.42 Å². The standard InChI is InChI=1S/C15H21N3O/c19-15(10-13-4-2-1-3-5-13)18-11-14(12-18)17-8-6-16-7-9-17/h1-5,14,16H,6-12H2. The van der Waals surface area contributed by atoms with Crippen LogP contribution in [0.2, 0.25) is 0 Å². The van der Waals surface area contributed by atoms with Gasteiger partial charge in [-0.1, -0.05) is 30.3 Å². The first-order valence-electron chi connectivity index (χ1n) is 7.09. The Morgan fingerprint density at radius 1 is 1.16 bits per heavy atom. The van der Waals surface area contributed by atoms with E-state index >= 15 is 0 Å². The zero-order chi connectivity index (χ0) is 13.1. The fourth-order valence-electron chi connectivity index (χ4n) is 2.82. The van der Waals surface area contributed by atoms with Crippen LogP contribution in [0.3, 0.4) is 0 Å². The van der Waals surface area contributed by atoms with Crippen molar-refractivity contribution in [3.05, 3.63) is 35.9 Å². The molecule has 4 nitrogen and oxygen atoms in total. The van der Waals surface area contributed by atoms with E-state index in [2.05, 4.69) is 10.2 Å². The van der Waals surface area contributed by atoms with Crippen LogP contribution in [0.4, 0.5) is 0 Å². The first-order valence-corrected chi connectivity index (χ1v) is 7.09. The number of rotatable bonds is 3. The molecule has 1 aromatic carbocycles. The van der Waals surface area contributed by atoms with Crippen LogP contribution in [-0.4, -0.2) is 61.0 Å². The Balaban J connectivity index is 1.46. The molecule has 0 bridgehead atoms. The van der Waals surface area contributed by atoms with Crippen molar-refractivity contribution in [2.75, 3.05) is 39.3 Å². The predicted octanol–water partition coefficient (Wildman–Crippen LogP) is 0.345. The van der Waals surface area contributed by atoms with Gasteiger partial charge in [-0.25, -0.2) is 0 Å². The van der Waals surface area contributed by atoms with Crippen molar-refractivity contribution >= 4 is 5.91 Å². The molecule has 0 aliphatic carbocycles. The molecular weight excluding hydrogens is 238 g/mol. The molecule has 4 heteroatoms. The van der Waals surface area contributed by atoms with Crippen molar-refractivity contribution < 1.29 is 4.79 Å². The minimum Gasteiger partial charge on any atom is -0.339 e. The van der Waals surface area contributed by atoms with Crippen LogP contribution in [0.1, 0.15) is 5.56 Å². The normalized spacial score (nSPS) is 21.2. The lowest BCUT2D eigenvalue weighted by atomic mass is 10.0. The Bertz CT molecular complexity index is 422. The molecule has 2 saturated heterocycles. The van der Waals surface area contributed by atoms with Crippen molar-refractivity contribution in [3.63, 3.8) is 0 Å². The molecule has 1 aromatic rings. The number of hydrogen-bond donors (Lipinski definition) is 1. The summed E-state index contributed by atoms with van der Waals surface area (Å²) in [6, 6.07) is 10.6. The van der Waals surface area contributed by atoms with Crippen LogP contribution < -0.4 is 5.32 Å². The molecule has 0 spiro atoms. The van der Waals surface area contributed by atoms with E-state index in [1.807, 2.05) is 35.2 Å². The van der Waals surface area contributed by atoms with E-state index in [4.69, 9.17) is 0 Å². The molecule has 2 aliphatic rings. The van der Waals surface area contributed by atoms with Crippen molar-refractivity contribution in [2.24, 2.45) is 0 Å². The summed E-state index contributed by atoms with van der Waals surface area (Å²) in [4.78, 5) is 16.6. The number of carbonyl (C=O) groups excluding carboxylic acids is 1. The molecule has 2 aliphatic heterocycles. The fraction of sp³-hybridized carbons (Fsp3) is 0.533. The molecule has 0 atom stereocenters. The Morgan fingerprint density at radius 2 is 1.84 bits per heavy atom. The zero-order valence-electron chi connectivity index (χ0n) is 11.2. The lowest BCUT2D eigenvalue weighted by Crippen LogP contribution is -2.64. The molecule has 0 radical (unpaired) electrons. The summed E-state index contributed by atoms with van der Waals surface area (Å²) in [5.41, 5.74) is 1.11. The third-order valence-electron chi connectivity index (χ3n) is 4.08. The van der Waals surface area contributed by atoms with Crippen LogP contribution in [0.25, 0.3) is 0 Å². The molecule has 0 saturated carbocycles. The van der Waals surface area contributed by atoms with Crippen LogP contribution in [-0.2, 0) is 11.2 Å². The summed E-state index contributed by atoms with van der Waals surface area (Å²) in [6.45, 7) is 6.21. The third-order valence-corrected chi connectivity index (χ3v) is 4.08. The lowest BCUT2D eigenvalue weighted by Gasteiger charge is -2.46. The highest BCUT2D eigenvalue weighted by atomic mass is 16.2. The van der Waals surface area contributed by atoms with E-state index in [0.717, 1.165) is 44.8 Å². The maximum atomic E-state index is 12.1. The van der Waals surface area contributed by atoms with Gasteiger partial charge in [0.15, 0.2) is 0 Å². The van der Waals surface area contributed by atoms with Crippen LogP contribution in [0.15, 0.2) is 30.3 Å². The third kappa shape index (κ3) is 2.96. The Labute approximate surface area is 114 Å². The topological polar surface area (TPSA) is 35.6 Å². The van der Waals surface area contributed by atoms with E-state index in [1.165, 1.54) is 0 Å². The van der Waals surface area contributed by atoms with Gasteiger partial charge in [0, 0.05) is 45.3 Å². The minimum absolute atomic E-state index is 0.262. The molecular formula is C15H21N3O. The molecule has 3 rings (SSSR count). The number of piperazine rings is 1. The molecule has 2 fully saturated rings. The summed E-state index contributed by atoms with van der Waals surface area (Å²) in [7, 11) is 0. The summed E-state index contributed by atoms with van der Waals surface area (Å²) >= 11 is 0. The summed E-state index contributed by atoms with van der Waals surface area (Å²) in [5, 5.41) is 3.36. The van der Waals surface area contributed by atoms with Crippen molar-refractivity contribution in [3.8, 4) is 0 Å². The first kappa shape index (κ1) is 12.6. The monoisotopic (exact) mass is 259 g/mol. The van der Waals surface area contributed by atoms with Crippen molar-refractivity contribution in [2.45, 2.75) is 12.5 Å². The molecule has 1 amide bonds. The second-order valence-corrected chi connectivity index (χ2v) is 5.40. The van der Waals surface area contributed by atoms with E-state index in [0.29, 0.717) is 12.5 Å². The molecule has 2 heterocycles. The zero-order valence-corrected chi connectivity index (χ0v) is 11.2. The predicted molar refractivity (Wildman–Crippen MR) is 75.0 cm³/mol. The second kappa shape index (κ2) is 5.72. The SMILES string of the molecule is O=C(Cc1ccccc1)N1CC(N2CCNCC2)C1. The van der Waals surface area contributed by atoms with E-state index in [9.17, 15) is 4.79 Å². The van der Waals surface area contributed by atoms with Crippen LogP contribution in [0.5, 0.6) is 0 Å². The number of likely N-dealkylation sites (tertiary alicyclic amines) is 1. The molecule has 1 N–H and O–H groups in total. The van der Waals surface area contributed by atoms with Gasteiger partial charge in [-0.05, 0) is 5.56 Å². The van der Waals surface area contributed by atoms with Gasteiger partial charge in [0.2, 0.25) is 5.91 Å². The highest BCUT2D eigenvalue weighted by molar-refractivity contribution is 5.79. The number of amides is 1. The molecule has 0 unspecified atom stereocenters. The van der Waals surface area contributed by atoms with Crippen LogP contribution in [0, 0.1) is 0 Å². The largest absolute Gasteiger partial charge is 0.339 e. The molecule has 19 heavy (non-hydrogen) atoms. The highest BCUT2D eigenvalue weighted by Crippen LogP contribution is 2.17. The average molecular weight is 259 g/mol. The van der Waals surface area contributed by atoms with Gasteiger partial charge in [-0.15, -0.1) is 0 Å². The summed E-state index contributed by atoms with van der Waals surface area (Å²) in [5.74, 6) is 0.262. The van der Waals surface area contributed by atoms with Gasteiger partial charge >= 0.3 is 0 Å². The molecule has 102 valence electrons. The Hall–Kier alpha value is -1.39. The average Bonchev–Trinajstić information content (AvgIpc) is 2.39. The smallest absolute Gasteiger partial charge is 0.227 e. The maximum absolute atomic E-state index is 12.1. The highest BCUT2D eigenvalue weighted by Gasteiger charge is 2.34. The number of benzene rings is 1. The minimum atomic E-state index is 0.262. The van der Waals surface area contributed by atoms with Gasteiger partial charge < -0.3 is 10.2 Å². The van der Waals surface area contributed by atoms with Crippen molar-refractivity contribution in [1.82, 2.24) is 15.1 Å². The molecule has 0 aromatic heterocycles.